The summed E-state index contributed by atoms with van der Waals surface area (Å²) >= 11 is 0. The zero-order chi connectivity index (χ0) is 15.5. The molecule has 3 aromatic rings. The lowest BCUT2D eigenvalue weighted by molar-refractivity contribution is 0.584. The van der Waals surface area contributed by atoms with E-state index < -0.39 is 5.95 Å². The molecule has 0 amide bonds. The maximum atomic E-state index is 12.9. The highest BCUT2D eigenvalue weighted by atomic mass is 19.1. The maximum Gasteiger partial charge on any atom is 0.212 e. The lowest BCUT2D eigenvalue weighted by Crippen LogP contribution is -2.21. The molecule has 0 spiro atoms. The lowest BCUT2D eigenvalue weighted by Gasteiger charge is -2.21. The quantitative estimate of drug-likeness (QED) is 0.673. The van der Waals surface area contributed by atoms with Crippen molar-refractivity contribution in [2.24, 2.45) is 0 Å². The van der Waals surface area contributed by atoms with Gasteiger partial charge in [-0.3, -0.25) is 0 Å². The average molecular weight is 295 g/mol. The van der Waals surface area contributed by atoms with Crippen LogP contribution in [0.4, 0.5) is 10.1 Å². The molecule has 0 saturated carbocycles. The second-order valence-electron chi connectivity index (χ2n) is 5.12. The third-order valence-electron chi connectivity index (χ3n) is 3.83. The largest absolute Gasteiger partial charge is 0.372 e. The van der Waals surface area contributed by atoms with Crippen LogP contribution in [0.15, 0.2) is 48.7 Å². The van der Waals surface area contributed by atoms with Gasteiger partial charge in [-0.25, -0.2) is 9.97 Å². The van der Waals surface area contributed by atoms with Gasteiger partial charge >= 0.3 is 0 Å². The molecule has 0 radical (unpaired) electrons. The van der Waals surface area contributed by atoms with Gasteiger partial charge in [-0.05, 0) is 44.2 Å². The van der Waals surface area contributed by atoms with E-state index in [1.807, 2.05) is 12.1 Å². The fourth-order valence-electron chi connectivity index (χ4n) is 2.58. The normalized spacial score (nSPS) is 10.9. The summed E-state index contributed by atoms with van der Waals surface area (Å²) in [5, 5.41) is 1.09. The summed E-state index contributed by atoms with van der Waals surface area (Å²) in [6, 6.07) is 13.3. The molecule has 4 heteroatoms. The summed E-state index contributed by atoms with van der Waals surface area (Å²) < 4.78 is 12.9. The van der Waals surface area contributed by atoms with Crippen LogP contribution in [0, 0.1) is 5.95 Å². The first-order chi connectivity index (χ1) is 10.7. The summed E-state index contributed by atoms with van der Waals surface area (Å²) in [4.78, 5) is 10.7. The van der Waals surface area contributed by atoms with E-state index in [2.05, 4.69) is 41.9 Å². The molecular formula is C18H18FN3. The topological polar surface area (TPSA) is 29.0 Å². The Bertz CT molecular complexity index is 780. The predicted molar refractivity (Wildman–Crippen MR) is 88.5 cm³/mol. The molecule has 112 valence electrons. The van der Waals surface area contributed by atoms with E-state index in [1.165, 1.54) is 18.0 Å². The first-order valence-corrected chi connectivity index (χ1v) is 7.49. The van der Waals surface area contributed by atoms with Crippen LogP contribution in [0.5, 0.6) is 0 Å². The van der Waals surface area contributed by atoms with Crippen molar-refractivity contribution in [2.75, 3.05) is 18.0 Å². The number of rotatable bonds is 4. The van der Waals surface area contributed by atoms with Crippen molar-refractivity contribution < 1.29 is 4.39 Å². The molecule has 0 fully saturated rings. The predicted octanol–water partition coefficient (Wildman–Crippen LogP) is 4.28. The molecule has 22 heavy (non-hydrogen) atoms. The average Bonchev–Trinajstić information content (AvgIpc) is 2.56. The third kappa shape index (κ3) is 2.77. The molecule has 3 nitrogen and oxygen atoms in total. The Labute approximate surface area is 129 Å². The maximum absolute atomic E-state index is 12.9. The number of fused-ring (bicyclic) bond motifs is 1. The molecule has 0 unspecified atom stereocenters. The monoisotopic (exact) mass is 295 g/mol. The van der Waals surface area contributed by atoms with Crippen molar-refractivity contribution in [2.45, 2.75) is 13.8 Å². The van der Waals surface area contributed by atoms with Crippen LogP contribution in [0.1, 0.15) is 13.8 Å². The number of anilines is 1. The molecule has 1 aromatic carbocycles. The van der Waals surface area contributed by atoms with E-state index in [0.717, 1.165) is 35.2 Å². The molecule has 0 bridgehead atoms. The van der Waals surface area contributed by atoms with E-state index in [4.69, 9.17) is 4.98 Å². The zero-order valence-corrected chi connectivity index (χ0v) is 12.8. The molecule has 3 rings (SSSR count). The fraction of sp³-hybridized carbons (Fsp3) is 0.222. The minimum atomic E-state index is -0.478. The van der Waals surface area contributed by atoms with Crippen molar-refractivity contribution in [1.29, 1.82) is 0 Å². The van der Waals surface area contributed by atoms with Gasteiger partial charge < -0.3 is 4.90 Å². The van der Waals surface area contributed by atoms with Gasteiger partial charge in [0.15, 0.2) is 0 Å². The summed E-state index contributed by atoms with van der Waals surface area (Å²) in [6.45, 7) is 6.20. The number of nitrogens with zero attached hydrogens (tertiary/aromatic N) is 3. The van der Waals surface area contributed by atoms with Crippen LogP contribution in [0.3, 0.4) is 0 Å². The van der Waals surface area contributed by atoms with Crippen molar-refractivity contribution in [3.8, 4) is 11.3 Å². The van der Waals surface area contributed by atoms with Gasteiger partial charge in [-0.1, -0.05) is 12.1 Å². The van der Waals surface area contributed by atoms with Crippen LogP contribution in [-0.2, 0) is 0 Å². The van der Waals surface area contributed by atoms with Crippen LogP contribution in [0.25, 0.3) is 22.2 Å². The zero-order valence-electron chi connectivity index (χ0n) is 12.8. The van der Waals surface area contributed by atoms with Gasteiger partial charge in [0.2, 0.25) is 5.95 Å². The first-order valence-electron chi connectivity index (χ1n) is 7.49. The molecule has 0 atom stereocenters. The number of aromatic nitrogens is 2. The van der Waals surface area contributed by atoms with Crippen molar-refractivity contribution in [1.82, 2.24) is 9.97 Å². The third-order valence-corrected chi connectivity index (χ3v) is 3.83. The summed E-state index contributed by atoms with van der Waals surface area (Å²) in [5.74, 6) is -0.478. The van der Waals surface area contributed by atoms with Gasteiger partial charge in [-0.2, -0.15) is 4.39 Å². The number of pyridine rings is 2. The smallest absolute Gasteiger partial charge is 0.212 e. The second kappa shape index (κ2) is 6.10. The molecule has 2 heterocycles. The van der Waals surface area contributed by atoms with Gasteiger partial charge in [0, 0.05) is 35.9 Å². The summed E-state index contributed by atoms with van der Waals surface area (Å²) in [5.41, 5.74) is 3.72. The standard InChI is InChI=1S/C18H18FN3/c1-3-22(4-2)15-8-5-13-6-9-16(21-17(13)11-15)14-7-10-18(19)20-12-14/h5-12H,3-4H2,1-2H3. The lowest BCUT2D eigenvalue weighted by atomic mass is 10.1. The fourth-order valence-corrected chi connectivity index (χ4v) is 2.58. The van der Waals surface area contributed by atoms with Crippen molar-refractivity contribution in [3.63, 3.8) is 0 Å². The Morgan fingerprint density at radius 1 is 1.00 bits per heavy atom. The molecule has 0 saturated heterocycles. The number of benzene rings is 1. The Balaban J connectivity index is 2.05. The van der Waals surface area contributed by atoms with Crippen molar-refractivity contribution >= 4 is 16.6 Å². The Kier molecular flexibility index (Phi) is 4.00. The highest BCUT2D eigenvalue weighted by Crippen LogP contribution is 2.24. The van der Waals surface area contributed by atoms with E-state index in [0.29, 0.717) is 0 Å². The number of hydrogen-bond donors (Lipinski definition) is 0. The molecule has 0 aliphatic carbocycles. The van der Waals surface area contributed by atoms with E-state index in [-0.39, 0.29) is 0 Å². The highest BCUT2D eigenvalue weighted by molar-refractivity contribution is 5.84. The van der Waals surface area contributed by atoms with E-state index in [9.17, 15) is 4.39 Å². The van der Waals surface area contributed by atoms with Crippen LogP contribution >= 0.6 is 0 Å². The van der Waals surface area contributed by atoms with Crippen molar-refractivity contribution in [3.05, 3.63) is 54.6 Å². The first kappa shape index (κ1) is 14.4. The SMILES string of the molecule is CCN(CC)c1ccc2ccc(-c3ccc(F)nc3)nc2c1. The Morgan fingerprint density at radius 2 is 1.77 bits per heavy atom. The van der Waals surface area contributed by atoms with Gasteiger partial charge in [0.05, 0.1) is 11.2 Å². The minimum Gasteiger partial charge on any atom is -0.372 e. The van der Waals surface area contributed by atoms with Crippen LogP contribution < -0.4 is 4.90 Å². The Hall–Kier alpha value is -2.49. The molecule has 0 aliphatic rings. The van der Waals surface area contributed by atoms with Gasteiger partial charge in [0.1, 0.15) is 0 Å². The molecule has 2 aromatic heterocycles. The van der Waals surface area contributed by atoms with Crippen LogP contribution in [-0.4, -0.2) is 23.1 Å². The molecule has 0 aliphatic heterocycles. The number of hydrogen-bond acceptors (Lipinski definition) is 3. The number of halogens is 1. The van der Waals surface area contributed by atoms with Gasteiger partial charge in [-0.15, -0.1) is 0 Å². The van der Waals surface area contributed by atoms with E-state index in [1.54, 1.807) is 6.07 Å². The van der Waals surface area contributed by atoms with E-state index >= 15 is 0 Å². The Morgan fingerprint density at radius 3 is 2.45 bits per heavy atom. The second-order valence-corrected chi connectivity index (χ2v) is 5.12. The minimum absolute atomic E-state index is 0.478. The molecule has 0 N–H and O–H groups in total. The highest BCUT2D eigenvalue weighted by Gasteiger charge is 2.06. The molecular weight excluding hydrogens is 277 g/mol. The van der Waals surface area contributed by atoms with Crippen LogP contribution in [0.2, 0.25) is 0 Å². The van der Waals surface area contributed by atoms with Gasteiger partial charge in [0.25, 0.3) is 0 Å². The summed E-state index contributed by atoms with van der Waals surface area (Å²) in [7, 11) is 0. The summed E-state index contributed by atoms with van der Waals surface area (Å²) in [6.07, 6.45) is 1.51.